The fourth-order valence-corrected chi connectivity index (χ4v) is 8.41. The van der Waals surface area contributed by atoms with Gasteiger partial charge in [0.2, 0.25) is 5.91 Å². The molecule has 0 bridgehead atoms. The number of rotatable bonds is 24. The molecule has 3 unspecified atom stereocenters. The van der Waals surface area contributed by atoms with Crippen LogP contribution < -0.4 is 20.9 Å². The van der Waals surface area contributed by atoms with Gasteiger partial charge in [-0.1, -0.05) is 41.6 Å². The molecule has 288 valence electrons. The van der Waals surface area contributed by atoms with Crippen LogP contribution in [0.15, 0.2) is 54.7 Å². The zero-order valence-corrected chi connectivity index (χ0v) is 32.5. The number of amides is 3. The number of fused-ring (bicyclic) bond motifs is 1. The minimum atomic E-state index is -0.202. The molecule has 2 aliphatic heterocycles. The van der Waals surface area contributed by atoms with Crippen molar-refractivity contribution in [1.29, 1.82) is 0 Å². The second kappa shape index (κ2) is 22.0. The lowest BCUT2D eigenvalue weighted by molar-refractivity contribution is -0.145. The van der Waals surface area contributed by atoms with Crippen molar-refractivity contribution in [2.75, 3.05) is 48.7 Å². The summed E-state index contributed by atoms with van der Waals surface area (Å²) in [5, 5.41) is 17.8. The van der Waals surface area contributed by atoms with E-state index in [2.05, 4.69) is 55.4 Å². The third kappa shape index (κ3) is 13.7. The average molecular weight is 789 g/mol. The molecule has 2 fully saturated rings. The molecule has 3 heterocycles. The number of esters is 1. The highest BCUT2D eigenvalue weighted by Gasteiger charge is 2.42. The number of hydrogen-bond acceptors (Lipinski definition) is 9. The summed E-state index contributed by atoms with van der Waals surface area (Å²) in [4.78, 5) is 38.3. The normalized spacial score (nSPS) is 17.6. The first-order valence-corrected chi connectivity index (χ1v) is 20.6. The van der Waals surface area contributed by atoms with Crippen LogP contribution in [0.5, 0.6) is 0 Å². The van der Waals surface area contributed by atoms with Gasteiger partial charge < -0.3 is 30.3 Å². The Hall–Kier alpha value is -3.52. The predicted molar refractivity (Wildman–Crippen MR) is 210 cm³/mol. The Balaban J connectivity index is 0.867. The number of aromatic nitrogens is 3. The molecule has 0 saturated carbocycles. The zero-order valence-electron chi connectivity index (χ0n) is 30.2. The number of urea groups is 1. The van der Waals surface area contributed by atoms with Crippen LogP contribution in [0, 0.1) is 0 Å². The van der Waals surface area contributed by atoms with E-state index < -0.39 is 0 Å². The summed E-state index contributed by atoms with van der Waals surface area (Å²) >= 11 is 13.7. The van der Waals surface area contributed by atoms with E-state index in [1.54, 1.807) is 4.68 Å². The van der Waals surface area contributed by atoms with Gasteiger partial charge in [-0.2, -0.15) is 11.8 Å². The highest BCUT2D eigenvalue weighted by atomic mass is 35.5. The SMILES string of the molecule is O=C(CCCC1SCC2NC(=O)NC21)NCCCc1cn(CCOCc2ccc(COC(=O)CCCc3ccc(N(CCCl)CCCl)cc3)cc2)nn1. The van der Waals surface area contributed by atoms with Crippen molar-refractivity contribution in [2.24, 2.45) is 0 Å². The van der Waals surface area contributed by atoms with Crippen LogP contribution >= 0.6 is 35.0 Å². The lowest BCUT2D eigenvalue weighted by atomic mass is 10.0. The molecule has 15 heteroatoms. The zero-order chi connectivity index (χ0) is 37.3. The molecule has 2 aliphatic rings. The Labute approximate surface area is 326 Å². The van der Waals surface area contributed by atoms with Gasteiger partial charge in [0.25, 0.3) is 0 Å². The summed E-state index contributed by atoms with van der Waals surface area (Å²) in [6, 6.07) is 16.5. The maximum atomic E-state index is 12.3. The molecule has 0 aliphatic carbocycles. The predicted octanol–water partition coefficient (Wildman–Crippen LogP) is 5.23. The number of carbonyl (C=O) groups excluding carboxylic acids is 3. The van der Waals surface area contributed by atoms with Gasteiger partial charge in [-0.3, -0.25) is 9.59 Å². The molecule has 3 amide bonds. The van der Waals surface area contributed by atoms with Gasteiger partial charge in [0.1, 0.15) is 6.61 Å². The standard InChI is InChI=1S/C38H51Cl2N7O5S/c39-17-20-46(21-18-40)32-15-13-28(14-16-32)4-1-8-36(49)52-26-30-11-9-29(10-12-30)25-51-23-22-47-24-31(44-45-47)5-3-19-41-35(48)7-2-6-34-37-33(27-53-34)42-38(50)43-37/h9-16,24,33-34,37H,1-8,17-23,25-27H2,(H,41,48)(H2,42,43,50). The van der Waals surface area contributed by atoms with Gasteiger partial charge in [0.05, 0.1) is 37.5 Å². The number of benzene rings is 2. The molecular formula is C38H51Cl2N7O5S. The van der Waals surface area contributed by atoms with E-state index in [0.717, 1.165) is 79.9 Å². The molecule has 3 aromatic rings. The molecular weight excluding hydrogens is 737 g/mol. The monoisotopic (exact) mass is 787 g/mol. The number of ether oxygens (including phenoxy) is 2. The van der Waals surface area contributed by atoms with Crippen LogP contribution in [0.25, 0.3) is 0 Å². The van der Waals surface area contributed by atoms with E-state index in [0.29, 0.717) is 56.2 Å². The van der Waals surface area contributed by atoms with Gasteiger partial charge in [-0.25, -0.2) is 9.48 Å². The first-order valence-electron chi connectivity index (χ1n) is 18.5. The molecule has 0 spiro atoms. The van der Waals surface area contributed by atoms with Crippen molar-refractivity contribution >= 4 is 58.6 Å². The van der Waals surface area contributed by atoms with Crippen molar-refractivity contribution < 1.29 is 23.9 Å². The summed E-state index contributed by atoms with van der Waals surface area (Å²) in [5.74, 6) is 1.89. The highest BCUT2D eigenvalue weighted by molar-refractivity contribution is 8.00. The third-order valence-corrected chi connectivity index (χ3v) is 11.2. The van der Waals surface area contributed by atoms with Gasteiger partial charge in [0, 0.05) is 67.1 Å². The van der Waals surface area contributed by atoms with Crippen molar-refractivity contribution in [3.63, 3.8) is 0 Å². The van der Waals surface area contributed by atoms with Gasteiger partial charge in [-0.15, -0.1) is 28.3 Å². The smallest absolute Gasteiger partial charge is 0.315 e. The molecule has 3 N–H and O–H groups in total. The van der Waals surface area contributed by atoms with E-state index in [1.165, 1.54) is 5.56 Å². The van der Waals surface area contributed by atoms with Crippen molar-refractivity contribution in [3.05, 3.63) is 77.1 Å². The highest BCUT2D eigenvalue weighted by Crippen LogP contribution is 2.33. The van der Waals surface area contributed by atoms with Crippen molar-refractivity contribution in [1.82, 2.24) is 30.9 Å². The first kappa shape index (κ1) is 40.7. The summed E-state index contributed by atoms with van der Waals surface area (Å²) < 4.78 is 13.1. The molecule has 2 aromatic carbocycles. The van der Waals surface area contributed by atoms with Crippen LogP contribution in [0.3, 0.4) is 0 Å². The maximum absolute atomic E-state index is 12.3. The van der Waals surface area contributed by atoms with Crippen LogP contribution in [0.2, 0.25) is 0 Å². The lowest BCUT2D eigenvalue weighted by Crippen LogP contribution is -2.37. The second-order valence-corrected chi connectivity index (χ2v) is 15.4. The Morgan fingerprint density at radius 3 is 2.42 bits per heavy atom. The van der Waals surface area contributed by atoms with E-state index in [-0.39, 0.29) is 36.6 Å². The van der Waals surface area contributed by atoms with E-state index in [4.69, 9.17) is 32.7 Å². The molecule has 53 heavy (non-hydrogen) atoms. The summed E-state index contributed by atoms with van der Waals surface area (Å²) in [7, 11) is 0. The Kier molecular flexibility index (Phi) is 16.9. The fraction of sp³-hybridized carbons (Fsp3) is 0.553. The number of carbonyl (C=O) groups is 3. The quantitative estimate of drug-likeness (QED) is 0.0482. The van der Waals surface area contributed by atoms with Gasteiger partial charge in [0.15, 0.2) is 0 Å². The number of anilines is 1. The van der Waals surface area contributed by atoms with E-state index >= 15 is 0 Å². The summed E-state index contributed by atoms with van der Waals surface area (Å²) in [5.41, 5.74) is 5.13. The van der Waals surface area contributed by atoms with Crippen LogP contribution in [0.1, 0.15) is 60.9 Å². The number of thioether (sulfide) groups is 1. The Bertz CT molecular complexity index is 1570. The summed E-state index contributed by atoms with van der Waals surface area (Å²) in [6.07, 6.45) is 7.57. The minimum absolute atomic E-state index is 0.0622. The van der Waals surface area contributed by atoms with Gasteiger partial charge in [-0.05, 0) is 67.3 Å². The molecule has 3 atom stereocenters. The van der Waals surface area contributed by atoms with E-state index in [1.807, 2.05) is 42.2 Å². The molecule has 12 nitrogen and oxygen atoms in total. The number of aryl methyl sites for hydroxylation is 2. The number of nitrogens with one attached hydrogen (secondary N) is 3. The van der Waals surface area contributed by atoms with Crippen molar-refractivity contribution in [2.45, 2.75) is 88.5 Å². The number of alkyl halides is 2. The number of halogens is 2. The van der Waals surface area contributed by atoms with Crippen molar-refractivity contribution in [3.8, 4) is 0 Å². The number of nitrogens with zero attached hydrogens (tertiary/aromatic N) is 4. The summed E-state index contributed by atoms with van der Waals surface area (Å²) in [6.45, 7) is 3.89. The fourth-order valence-electron chi connectivity index (χ4n) is 6.46. The second-order valence-electron chi connectivity index (χ2n) is 13.4. The topological polar surface area (TPSA) is 140 Å². The van der Waals surface area contributed by atoms with Crippen LogP contribution in [-0.4, -0.2) is 94.0 Å². The average Bonchev–Trinajstić information content (AvgIpc) is 3.88. The third-order valence-electron chi connectivity index (χ3n) is 9.36. The Morgan fingerprint density at radius 2 is 1.66 bits per heavy atom. The van der Waals surface area contributed by atoms with Gasteiger partial charge >= 0.3 is 12.0 Å². The Morgan fingerprint density at radius 1 is 0.925 bits per heavy atom. The largest absolute Gasteiger partial charge is 0.461 e. The maximum Gasteiger partial charge on any atom is 0.315 e. The van der Waals surface area contributed by atoms with Crippen LogP contribution in [0.4, 0.5) is 10.5 Å². The number of hydrogen-bond donors (Lipinski definition) is 3. The molecule has 5 rings (SSSR count). The van der Waals surface area contributed by atoms with Crippen LogP contribution in [-0.2, 0) is 51.7 Å². The first-order chi connectivity index (χ1) is 25.9. The van der Waals surface area contributed by atoms with E-state index in [9.17, 15) is 14.4 Å². The molecule has 2 saturated heterocycles. The molecule has 1 aromatic heterocycles. The minimum Gasteiger partial charge on any atom is -0.461 e. The molecule has 0 radical (unpaired) electrons. The lowest BCUT2D eigenvalue weighted by Gasteiger charge is -2.23.